The van der Waals surface area contributed by atoms with E-state index in [0.29, 0.717) is 32.2 Å². The molecule has 2 amide bonds. The fourth-order valence-electron chi connectivity index (χ4n) is 4.13. The Morgan fingerprint density at radius 2 is 2.04 bits per heavy atom. The number of nitrogens with one attached hydrogen (secondary N) is 1. The van der Waals surface area contributed by atoms with Gasteiger partial charge in [-0.1, -0.05) is 18.2 Å². The molecule has 2 aliphatic rings. The summed E-state index contributed by atoms with van der Waals surface area (Å²) in [4.78, 5) is 30.6. The van der Waals surface area contributed by atoms with Gasteiger partial charge in [0.2, 0.25) is 11.8 Å². The molecule has 4 rings (SSSR count). The van der Waals surface area contributed by atoms with Crippen LogP contribution in [0, 0.1) is 0 Å². The molecule has 1 spiro atoms. The van der Waals surface area contributed by atoms with Gasteiger partial charge < -0.3 is 15.0 Å². The highest BCUT2D eigenvalue weighted by molar-refractivity contribution is 5.79. The van der Waals surface area contributed by atoms with Gasteiger partial charge in [-0.15, -0.1) is 0 Å². The first-order valence-corrected chi connectivity index (χ1v) is 9.75. The van der Waals surface area contributed by atoms with E-state index in [1.807, 2.05) is 43.4 Å². The minimum absolute atomic E-state index is 0.0233. The second-order valence-corrected chi connectivity index (χ2v) is 7.74. The van der Waals surface area contributed by atoms with E-state index in [1.54, 1.807) is 17.3 Å². The number of pyridine rings is 1. The number of likely N-dealkylation sites (tertiary alicyclic amines) is 1. The maximum absolute atomic E-state index is 12.7. The topological polar surface area (TPSA) is 71.5 Å². The van der Waals surface area contributed by atoms with Crippen LogP contribution in [0.4, 0.5) is 0 Å². The number of aromatic nitrogens is 1. The molecule has 2 atom stereocenters. The van der Waals surface area contributed by atoms with Crippen LogP contribution in [-0.4, -0.2) is 40.9 Å². The minimum atomic E-state index is -0.427. The summed E-state index contributed by atoms with van der Waals surface area (Å²) in [6.45, 7) is 0.665. The van der Waals surface area contributed by atoms with E-state index in [-0.39, 0.29) is 17.9 Å². The number of hydrogen-bond donors (Lipinski definition) is 1. The van der Waals surface area contributed by atoms with Crippen LogP contribution in [0.3, 0.4) is 0 Å². The number of carbonyl (C=O) groups excluding carboxylic acids is 2. The van der Waals surface area contributed by atoms with Crippen molar-refractivity contribution < 1.29 is 14.3 Å². The van der Waals surface area contributed by atoms with E-state index in [0.717, 1.165) is 23.3 Å². The highest BCUT2D eigenvalue weighted by atomic mass is 16.5. The van der Waals surface area contributed by atoms with Gasteiger partial charge in [0.05, 0.1) is 12.5 Å². The van der Waals surface area contributed by atoms with E-state index in [9.17, 15) is 9.59 Å². The normalized spacial score (nSPS) is 24.2. The van der Waals surface area contributed by atoms with Crippen molar-refractivity contribution in [1.29, 1.82) is 0 Å². The summed E-state index contributed by atoms with van der Waals surface area (Å²) in [6.07, 6.45) is 6.28. The van der Waals surface area contributed by atoms with E-state index in [1.165, 1.54) is 0 Å². The highest BCUT2D eigenvalue weighted by Crippen LogP contribution is 2.44. The molecule has 0 bridgehead atoms. The molecule has 1 fully saturated rings. The molecule has 1 aromatic heterocycles. The Bertz CT molecular complexity index is 870. The first kappa shape index (κ1) is 18.5. The maximum Gasteiger partial charge on any atom is 0.224 e. The molecule has 146 valence electrons. The first-order valence-electron chi connectivity index (χ1n) is 9.75. The van der Waals surface area contributed by atoms with Crippen molar-refractivity contribution in [3.05, 3.63) is 59.9 Å². The van der Waals surface area contributed by atoms with Gasteiger partial charge in [0.25, 0.3) is 0 Å². The van der Waals surface area contributed by atoms with Crippen LogP contribution in [0.1, 0.15) is 42.9 Å². The average Bonchev–Trinajstić information content (AvgIpc) is 2.83. The molecule has 2 aliphatic heterocycles. The number of para-hydroxylation sites is 1. The molecule has 28 heavy (non-hydrogen) atoms. The maximum atomic E-state index is 12.7. The second-order valence-electron chi connectivity index (χ2n) is 7.74. The standard InChI is InChI=1S/C22H25N3O3/c1-25-13-10-22(9-6-21(25)27)15-18(17-4-2-3-5-19(17)28-22)24-20(26)14-16-7-11-23-12-8-16/h2-5,7-8,11-12,18H,6,9-10,13-15H2,1H3,(H,24,26)/t18-,22-/m0/s1. The summed E-state index contributed by atoms with van der Waals surface area (Å²) >= 11 is 0. The zero-order chi connectivity index (χ0) is 19.6. The fourth-order valence-corrected chi connectivity index (χ4v) is 4.13. The summed E-state index contributed by atoms with van der Waals surface area (Å²) in [6, 6.07) is 11.5. The minimum Gasteiger partial charge on any atom is -0.487 e. The summed E-state index contributed by atoms with van der Waals surface area (Å²) in [5.74, 6) is 0.933. The van der Waals surface area contributed by atoms with Gasteiger partial charge in [-0.2, -0.15) is 0 Å². The predicted molar refractivity (Wildman–Crippen MR) is 105 cm³/mol. The van der Waals surface area contributed by atoms with Gasteiger partial charge >= 0.3 is 0 Å². The molecular weight excluding hydrogens is 354 g/mol. The van der Waals surface area contributed by atoms with Crippen molar-refractivity contribution in [2.45, 2.75) is 43.7 Å². The Balaban J connectivity index is 1.55. The Morgan fingerprint density at radius 1 is 1.25 bits per heavy atom. The van der Waals surface area contributed by atoms with Gasteiger partial charge in [-0.25, -0.2) is 0 Å². The van der Waals surface area contributed by atoms with Crippen LogP contribution in [0.25, 0.3) is 0 Å². The van der Waals surface area contributed by atoms with Crippen molar-refractivity contribution in [2.24, 2.45) is 0 Å². The van der Waals surface area contributed by atoms with Crippen molar-refractivity contribution in [3.8, 4) is 5.75 Å². The summed E-state index contributed by atoms with van der Waals surface area (Å²) in [5, 5.41) is 3.20. The number of ether oxygens (including phenoxy) is 1. The number of benzene rings is 1. The van der Waals surface area contributed by atoms with E-state index in [2.05, 4.69) is 10.3 Å². The third-order valence-corrected chi connectivity index (χ3v) is 5.77. The fraction of sp³-hybridized carbons (Fsp3) is 0.409. The first-order chi connectivity index (χ1) is 13.5. The Hall–Kier alpha value is -2.89. The van der Waals surface area contributed by atoms with Crippen molar-refractivity contribution in [2.75, 3.05) is 13.6 Å². The molecular formula is C22H25N3O3. The number of hydrogen-bond acceptors (Lipinski definition) is 4. The van der Waals surface area contributed by atoms with Gasteiger partial charge in [-0.3, -0.25) is 14.6 Å². The summed E-state index contributed by atoms with van der Waals surface area (Å²) in [5.41, 5.74) is 1.51. The van der Waals surface area contributed by atoms with Crippen LogP contribution in [0.2, 0.25) is 0 Å². The average molecular weight is 379 g/mol. The SMILES string of the molecule is CN1CC[C@@]2(CCC1=O)C[C@H](NC(=O)Cc1ccncc1)c1ccccc1O2. The molecule has 0 unspecified atom stereocenters. The lowest BCUT2D eigenvalue weighted by molar-refractivity contribution is -0.129. The van der Waals surface area contributed by atoms with E-state index >= 15 is 0 Å². The summed E-state index contributed by atoms with van der Waals surface area (Å²) in [7, 11) is 1.84. The lowest BCUT2D eigenvalue weighted by atomic mass is 9.82. The van der Waals surface area contributed by atoms with Gasteiger partial charge in [0, 0.05) is 50.8 Å². The molecule has 6 heteroatoms. The molecule has 0 saturated carbocycles. The molecule has 2 aromatic rings. The molecule has 6 nitrogen and oxygen atoms in total. The van der Waals surface area contributed by atoms with Crippen LogP contribution in [0.15, 0.2) is 48.8 Å². The van der Waals surface area contributed by atoms with Gasteiger partial charge in [0.15, 0.2) is 0 Å². The molecule has 1 aromatic carbocycles. The number of rotatable bonds is 3. The predicted octanol–water partition coefficient (Wildman–Crippen LogP) is 2.65. The monoisotopic (exact) mass is 379 g/mol. The smallest absolute Gasteiger partial charge is 0.224 e. The van der Waals surface area contributed by atoms with Crippen molar-refractivity contribution in [3.63, 3.8) is 0 Å². The van der Waals surface area contributed by atoms with Gasteiger partial charge in [-0.05, 0) is 30.2 Å². The van der Waals surface area contributed by atoms with Crippen LogP contribution in [0.5, 0.6) is 5.75 Å². The lowest BCUT2D eigenvalue weighted by Gasteiger charge is -2.42. The second kappa shape index (κ2) is 7.62. The third kappa shape index (κ3) is 3.86. The zero-order valence-electron chi connectivity index (χ0n) is 16.1. The Kier molecular flexibility index (Phi) is 5.03. The molecule has 0 aliphatic carbocycles. The van der Waals surface area contributed by atoms with Crippen LogP contribution < -0.4 is 10.1 Å². The molecule has 1 N–H and O–H groups in total. The number of carbonyl (C=O) groups is 2. The van der Waals surface area contributed by atoms with Crippen molar-refractivity contribution >= 4 is 11.8 Å². The van der Waals surface area contributed by atoms with E-state index in [4.69, 9.17) is 4.74 Å². The molecule has 1 saturated heterocycles. The Morgan fingerprint density at radius 3 is 2.86 bits per heavy atom. The summed E-state index contributed by atoms with van der Waals surface area (Å²) < 4.78 is 6.43. The van der Waals surface area contributed by atoms with Crippen molar-refractivity contribution in [1.82, 2.24) is 15.2 Å². The molecule has 0 radical (unpaired) electrons. The number of nitrogens with zero attached hydrogens (tertiary/aromatic N) is 2. The third-order valence-electron chi connectivity index (χ3n) is 5.77. The number of amides is 2. The quantitative estimate of drug-likeness (QED) is 0.890. The van der Waals surface area contributed by atoms with Gasteiger partial charge in [0.1, 0.15) is 11.4 Å². The molecule has 3 heterocycles. The lowest BCUT2D eigenvalue weighted by Crippen LogP contribution is -2.46. The van der Waals surface area contributed by atoms with Crippen LogP contribution in [-0.2, 0) is 16.0 Å². The van der Waals surface area contributed by atoms with E-state index < -0.39 is 5.60 Å². The Labute approximate surface area is 164 Å². The highest BCUT2D eigenvalue weighted by Gasteiger charge is 2.43. The van der Waals surface area contributed by atoms with Crippen LogP contribution >= 0.6 is 0 Å². The largest absolute Gasteiger partial charge is 0.487 e. The zero-order valence-corrected chi connectivity index (χ0v) is 16.1. The number of fused-ring (bicyclic) bond motifs is 1.